The molecule has 0 saturated carbocycles. The molecule has 0 aliphatic rings. The average Bonchev–Trinajstić information content (AvgIpc) is 2.96. The SMILES string of the molecule is C[C@H](Nc1ncnc2sccc12)c1ccc(S(C)(=O)=O)cc1. The Kier molecular flexibility index (Phi) is 3.84. The number of rotatable bonds is 4. The van der Waals surface area contributed by atoms with Gasteiger partial charge in [-0.15, -0.1) is 11.3 Å². The third kappa shape index (κ3) is 2.95. The number of benzene rings is 1. The molecule has 2 heterocycles. The normalized spacial score (nSPS) is 13.2. The first-order valence-corrected chi connectivity index (χ1v) is 9.47. The number of fused-ring (bicyclic) bond motifs is 1. The Balaban J connectivity index is 1.85. The van der Waals surface area contributed by atoms with Gasteiger partial charge in [0.15, 0.2) is 9.84 Å². The van der Waals surface area contributed by atoms with E-state index < -0.39 is 9.84 Å². The van der Waals surface area contributed by atoms with E-state index in [0.29, 0.717) is 4.90 Å². The summed E-state index contributed by atoms with van der Waals surface area (Å²) in [7, 11) is -3.17. The number of sulfone groups is 1. The van der Waals surface area contributed by atoms with Crippen molar-refractivity contribution < 1.29 is 8.42 Å². The number of nitrogens with zero attached hydrogens (tertiary/aromatic N) is 2. The fraction of sp³-hybridized carbons (Fsp3) is 0.200. The van der Waals surface area contributed by atoms with Crippen LogP contribution in [0.3, 0.4) is 0 Å². The lowest BCUT2D eigenvalue weighted by Gasteiger charge is -2.15. The number of hydrogen-bond acceptors (Lipinski definition) is 6. The lowest BCUT2D eigenvalue weighted by Crippen LogP contribution is -2.08. The van der Waals surface area contributed by atoms with Gasteiger partial charge in [0.25, 0.3) is 0 Å². The van der Waals surface area contributed by atoms with Crippen molar-refractivity contribution in [2.75, 3.05) is 11.6 Å². The summed E-state index contributed by atoms with van der Waals surface area (Å²) in [6.45, 7) is 2.01. The highest BCUT2D eigenvalue weighted by atomic mass is 32.2. The Morgan fingerprint density at radius 2 is 1.86 bits per heavy atom. The standard InChI is InChI=1S/C15H15N3O2S2/c1-10(11-3-5-12(6-4-11)22(2,19)20)18-14-13-7-8-21-15(13)17-9-16-14/h3-10H,1-2H3,(H,16,17,18)/t10-/m0/s1. The lowest BCUT2D eigenvalue weighted by molar-refractivity contribution is 0.602. The van der Waals surface area contributed by atoms with Gasteiger partial charge in [0.1, 0.15) is 17.0 Å². The number of thiophene rings is 1. The minimum Gasteiger partial charge on any atom is -0.363 e. The first-order valence-electron chi connectivity index (χ1n) is 6.70. The van der Waals surface area contributed by atoms with Crippen LogP contribution >= 0.6 is 11.3 Å². The maximum Gasteiger partial charge on any atom is 0.175 e. The van der Waals surface area contributed by atoms with Crippen molar-refractivity contribution in [3.05, 3.63) is 47.6 Å². The van der Waals surface area contributed by atoms with Crippen molar-refractivity contribution in [2.24, 2.45) is 0 Å². The minimum absolute atomic E-state index is 0.00612. The van der Waals surface area contributed by atoms with Gasteiger partial charge in [0, 0.05) is 12.3 Å². The number of nitrogens with one attached hydrogen (secondary N) is 1. The van der Waals surface area contributed by atoms with E-state index in [1.54, 1.807) is 29.8 Å². The largest absolute Gasteiger partial charge is 0.363 e. The molecule has 0 spiro atoms. The Morgan fingerprint density at radius 1 is 1.14 bits per heavy atom. The zero-order valence-electron chi connectivity index (χ0n) is 12.1. The third-order valence-corrected chi connectivity index (χ3v) is 5.37. The molecule has 114 valence electrons. The zero-order valence-corrected chi connectivity index (χ0v) is 13.8. The molecule has 0 bridgehead atoms. The van der Waals surface area contributed by atoms with E-state index in [-0.39, 0.29) is 6.04 Å². The van der Waals surface area contributed by atoms with Crippen LogP contribution in [0.15, 0.2) is 46.9 Å². The van der Waals surface area contributed by atoms with E-state index in [1.165, 1.54) is 6.26 Å². The molecule has 2 aromatic heterocycles. The van der Waals surface area contributed by atoms with Gasteiger partial charge < -0.3 is 5.32 Å². The molecule has 0 saturated heterocycles. The van der Waals surface area contributed by atoms with Crippen molar-refractivity contribution >= 4 is 37.2 Å². The fourth-order valence-corrected chi connectivity index (χ4v) is 3.56. The summed E-state index contributed by atoms with van der Waals surface area (Å²) in [5, 5.41) is 6.33. The van der Waals surface area contributed by atoms with Gasteiger partial charge in [-0.2, -0.15) is 0 Å². The number of hydrogen-bond donors (Lipinski definition) is 1. The maximum atomic E-state index is 11.5. The van der Waals surface area contributed by atoms with Crippen molar-refractivity contribution in [1.29, 1.82) is 0 Å². The van der Waals surface area contributed by atoms with Crippen LogP contribution in [-0.2, 0) is 9.84 Å². The molecule has 3 rings (SSSR count). The van der Waals surface area contributed by atoms with Gasteiger partial charge in [-0.05, 0) is 36.1 Å². The topological polar surface area (TPSA) is 72.0 Å². The molecule has 1 aromatic carbocycles. The molecule has 0 radical (unpaired) electrons. The fourth-order valence-electron chi connectivity index (χ4n) is 2.20. The van der Waals surface area contributed by atoms with Crippen molar-refractivity contribution in [3.63, 3.8) is 0 Å². The molecule has 1 atom stereocenters. The van der Waals surface area contributed by atoms with Crippen LogP contribution in [0.5, 0.6) is 0 Å². The van der Waals surface area contributed by atoms with Crippen molar-refractivity contribution in [1.82, 2.24) is 9.97 Å². The molecule has 3 aromatic rings. The summed E-state index contributed by atoms with van der Waals surface area (Å²) in [6.07, 6.45) is 2.75. The summed E-state index contributed by atoms with van der Waals surface area (Å²) >= 11 is 1.57. The van der Waals surface area contributed by atoms with Gasteiger partial charge in [-0.25, -0.2) is 18.4 Å². The molecule has 5 nitrogen and oxygen atoms in total. The Hall–Kier alpha value is -1.99. The van der Waals surface area contributed by atoms with Gasteiger partial charge in [0.2, 0.25) is 0 Å². The van der Waals surface area contributed by atoms with Crippen LogP contribution in [0.25, 0.3) is 10.2 Å². The second-order valence-electron chi connectivity index (χ2n) is 5.07. The molecule has 22 heavy (non-hydrogen) atoms. The Bertz CT molecular complexity index is 902. The minimum atomic E-state index is -3.17. The molecular weight excluding hydrogens is 318 g/mol. The monoisotopic (exact) mass is 333 g/mol. The molecule has 0 fully saturated rings. The highest BCUT2D eigenvalue weighted by Gasteiger charge is 2.12. The second-order valence-corrected chi connectivity index (χ2v) is 7.98. The van der Waals surface area contributed by atoms with E-state index in [2.05, 4.69) is 15.3 Å². The quantitative estimate of drug-likeness (QED) is 0.793. The predicted octanol–water partition coefficient (Wildman–Crippen LogP) is 3.27. The van der Waals surface area contributed by atoms with E-state index in [9.17, 15) is 8.42 Å². The third-order valence-electron chi connectivity index (χ3n) is 3.42. The summed E-state index contributed by atoms with van der Waals surface area (Å²) in [6, 6.07) is 8.89. The predicted molar refractivity (Wildman–Crippen MR) is 89.0 cm³/mol. The molecule has 1 N–H and O–H groups in total. The summed E-state index contributed by atoms with van der Waals surface area (Å²) in [5.74, 6) is 0.783. The molecular formula is C15H15N3O2S2. The summed E-state index contributed by atoms with van der Waals surface area (Å²) in [4.78, 5) is 9.78. The van der Waals surface area contributed by atoms with E-state index >= 15 is 0 Å². The smallest absolute Gasteiger partial charge is 0.175 e. The second kappa shape index (κ2) is 5.66. The van der Waals surface area contributed by atoms with Gasteiger partial charge in [0.05, 0.1) is 10.3 Å². The van der Waals surface area contributed by atoms with Crippen LogP contribution in [0, 0.1) is 0 Å². The zero-order chi connectivity index (χ0) is 15.7. The Morgan fingerprint density at radius 3 is 2.55 bits per heavy atom. The van der Waals surface area contributed by atoms with E-state index in [4.69, 9.17) is 0 Å². The van der Waals surface area contributed by atoms with Gasteiger partial charge in [-0.1, -0.05) is 12.1 Å². The molecule has 0 aliphatic carbocycles. The van der Waals surface area contributed by atoms with Crippen LogP contribution in [-0.4, -0.2) is 24.6 Å². The van der Waals surface area contributed by atoms with Crippen LogP contribution < -0.4 is 5.32 Å². The summed E-state index contributed by atoms with van der Waals surface area (Å²) in [5.41, 5.74) is 0.995. The van der Waals surface area contributed by atoms with Gasteiger partial charge in [-0.3, -0.25) is 0 Å². The number of anilines is 1. The first-order chi connectivity index (χ1) is 10.4. The highest BCUT2D eigenvalue weighted by molar-refractivity contribution is 7.90. The average molecular weight is 333 g/mol. The van der Waals surface area contributed by atoms with Crippen molar-refractivity contribution in [3.8, 4) is 0 Å². The molecule has 0 aliphatic heterocycles. The molecule has 0 unspecified atom stereocenters. The van der Waals surface area contributed by atoms with Crippen molar-refractivity contribution in [2.45, 2.75) is 17.9 Å². The van der Waals surface area contributed by atoms with E-state index in [0.717, 1.165) is 21.6 Å². The molecule has 7 heteroatoms. The van der Waals surface area contributed by atoms with Crippen LogP contribution in [0.1, 0.15) is 18.5 Å². The Labute approximate surface area is 133 Å². The van der Waals surface area contributed by atoms with Gasteiger partial charge >= 0.3 is 0 Å². The maximum absolute atomic E-state index is 11.5. The summed E-state index contributed by atoms with van der Waals surface area (Å²) < 4.78 is 23.0. The first kappa shape index (κ1) is 14.9. The van der Waals surface area contributed by atoms with Crippen LogP contribution in [0.2, 0.25) is 0 Å². The number of aromatic nitrogens is 2. The highest BCUT2D eigenvalue weighted by Crippen LogP contribution is 2.27. The molecule has 0 amide bonds. The van der Waals surface area contributed by atoms with E-state index in [1.807, 2.05) is 30.5 Å². The van der Waals surface area contributed by atoms with Crippen LogP contribution in [0.4, 0.5) is 5.82 Å². The lowest BCUT2D eigenvalue weighted by atomic mass is 10.1.